The summed E-state index contributed by atoms with van der Waals surface area (Å²) in [5.41, 5.74) is 2.57. The highest BCUT2D eigenvalue weighted by molar-refractivity contribution is 6.30. The zero-order chi connectivity index (χ0) is 24.9. The molecule has 0 bridgehead atoms. The number of benzene rings is 1. The van der Waals surface area contributed by atoms with Gasteiger partial charge in [0.15, 0.2) is 6.17 Å². The zero-order valence-electron chi connectivity index (χ0n) is 19.1. The average molecular weight is 486 g/mol. The average Bonchev–Trinajstić information content (AvgIpc) is 3.37. The molecular formula is C27H21ClFN5O. The lowest BCUT2D eigenvalue weighted by molar-refractivity contribution is 0.401. The third-order valence-corrected chi connectivity index (χ3v) is 5.61. The minimum absolute atomic E-state index is 0.241. The zero-order valence-corrected chi connectivity index (χ0v) is 19.8. The Morgan fingerprint density at radius 1 is 1.09 bits per heavy atom. The van der Waals surface area contributed by atoms with Crippen molar-refractivity contribution in [3.63, 3.8) is 0 Å². The molecule has 0 amide bonds. The van der Waals surface area contributed by atoms with Crippen LogP contribution in [0.5, 0.6) is 0 Å². The number of rotatable bonds is 3. The van der Waals surface area contributed by atoms with E-state index in [2.05, 4.69) is 20.9 Å². The molecule has 4 aromatic heterocycles. The minimum atomic E-state index is -1.39. The molecule has 1 aromatic carbocycles. The quantitative estimate of drug-likeness (QED) is 0.333. The fourth-order valence-electron chi connectivity index (χ4n) is 3.51. The SMILES string of the molecule is C#Cc1cccc(-c2cc(=O)n(C)c3ncc(C(F)c4ccc(Cl)cc4)cc23)n1.Cn1ccnc1. The summed E-state index contributed by atoms with van der Waals surface area (Å²) < 4.78 is 18.5. The van der Waals surface area contributed by atoms with E-state index in [1.807, 2.05) is 17.8 Å². The number of aromatic nitrogens is 5. The van der Waals surface area contributed by atoms with E-state index in [0.717, 1.165) is 0 Å². The van der Waals surface area contributed by atoms with Gasteiger partial charge in [-0.3, -0.25) is 9.36 Å². The van der Waals surface area contributed by atoms with Crippen LogP contribution in [0.3, 0.4) is 0 Å². The van der Waals surface area contributed by atoms with Crippen LogP contribution < -0.4 is 5.56 Å². The van der Waals surface area contributed by atoms with Gasteiger partial charge in [-0.15, -0.1) is 6.42 Å². The first-order valence-corrected chi connectivity index (χ1v) is 11.0. The van der Waals surface area contributed by atoms with Gasteiger partial charge in [0.25, 0.3) is 5.56 Å². The van der Waals surface area contributed by atoms with Crippen LogP contribution in [-0.4, -0.2) is 24.1 Å². The maximum atomic E-state index is 15.2. The lowest BCUT2D eigenvalue weighted by Gasteiger charge is -2.13. The summed E-state index contributed by atoms with van der Waals surface area (Å²) in [5.74, 6) is 2.49. The smallest absolute Gasteiger partial charge is 0.252 e. The number of hydrogen-bond acceptors (Lipinski definition) is 4. The van der Waals surface area contributed by atoms with Crippen molar-refractivity contribution in [3.05, 3.63) is 112 Å². The molecule has 1 atom stereocenters. The van der Waals surface area contributed by atoms with Crippen molar-refractivity contribution in [2.24, 2.45) is 14.1 Å². The molecule has 0 aliphatic heterocycles. The van der Waals surface area contributed by atoms with Crippen LogP contribution in [0.2, 0.25) is 5.02 Å². The Bertz CT molecular complexity index is 1570. The Hall–Kier alpha value is -4.28. The van der Waals surface area contributed by atoms with Gasteiger partial charge >= 0.3 is 0 Å². The Morgan fingerprint density at radius 3 is 2.49 bits per heavy atom. The van der Waals surface area contributed by atoms with Crippen LogP contribution in [0.1, 0.15) is 23.0 Å². The molecule has 0 fully saturated rings. The van der Waals surface area contributed by atoms with Gasteiger partial charge in [0.2, 0.25) is 0 Å². The highest BCUT2D eigenvalue weighted by Crippen LogP contribution is 2.31. The maximum absolute atomic E-state index is 15.2. The van der Waals surface area contributed by atoms with Crippen molar-refractivity contribution in [1.29, 1.82) is 0 Å². The molecule has 4 heterocycles. The van der Waals surface area contributed by atoms with Gasteiger partial charge < -0.3 is 4.57 Å². The molecule has 0 saturated heterocycles. The van der Waals surface area contributed by atoms with Crippen molar-refractivity contribution in [2.45, 2.75) is 6.17 Å². The first-order chi connectivity index (χ1) is 16.9. The predicted octanol–water partition coefficient (Wildman–Crippen LogP) is 5.11. The van der Waals surface area contributed by atoms with Crippen LogP contribution >= 0.6 is 11.6 Å². The number of hydrogen-bond donors (Lipinski definition) is 0. The summed E-state index contributed by atoms with van der Waals surface area (Å²) in [6, 6.07) is 14.9. The number of terminal acetylenes is 1. The summed E-state index contributed by atoms with van der Waals surface area (Å²) >= 11 is 5.90. The Balaban J connectivity index is 0.000000421. The Kier molecular flexibility index (Phi) is 7.04. The Morgan fingerprint density at radius 2 is 1.86 bits per heavy atom. The van der Waals surface area contributed by atoms with Crippen LogP contribution in [0.15, 0.2) is 84.3 Å². The van der Waals surface area contributed by atoms with E-state index in [9.17, 15) is 4.79 Å². The molecule has 0 aliphatic carbocycles. The molecule has 1 unspecified atom stereocenters. The van der Waals surface area contributed by atoms with Crippen LogP contribution in [0, 0.1) is 12.3 Å². The van der Waals surface area contributed by atoms with Gasteiger partial charge in [-0.25, -0.2) is 19.3 Å². The number of alkyl halides is 1. The number of pyridine rings is 3. The molecular weight excluding hydrogens is 465 g/mol. The normalized spacial score (nSPS) is 11.4. The first-order valence-electron chi connectivity index (χ1n) is 10.6. The molecule has 5 rings (SSSR count). The third kappa shape index (κ3) is 5.29. The molecule has 0 spiro atoms. The molecule has 6 nitrogen and oxygen atoms in total. The van der Waals surface area contributed by atoms with Gasteiger partial charge in [0.05, 0.1) is 12.0 Å². The van der Waals surface area contributed by atoms with Crippen LogP contribution in [0.4, 0.5) is 4.39 Å². The summed E-state index contributed by atoms with van der Waals surface area (Å²) in [5, 5.41) is 1.15. The van der Waals surface area contributed by atoms with E-state index in [1.54, 1.807) is 68.1 Å². The van der Waals surface area contributed by atoms with E-state index in [4.69, 9.17) is 18.0 Å². The second kappa shape index (κ2) is 10.3. The molecule has 8 heteroatoms. The number of fused-ring (bicyclic) bond motifs is 1. The number of imidazole rings is 1. The second-order valence-corrected chi connectivity index (χ2v) is 8.23. The van der Waals surface area contributed by atoms with Gasteiger partial charge in [-0.1, -0.05) is 35.7 Å². The number of halogens is 2. The molecule has 0 aliphatic rings. The van der Waals surface area contributed by atoms with E-state index < -0.39 is 6.17 Å². The summed E-state index contributed by atoms with van der Waals surface area (Å²) in [6.07, 6.45) is 10.9. The van der Waals surface area contributed by atoms with E-state index in [-0.39, 0.29) is 5.56 Å². The van der Waals surface area contributed by atoms with Crippen molar-refractivity contribution < 1.29 is 4.39 Å². The van der Waals surface area contributed by atoms with E-state index >= 15 is 4.39 Å². The standard InChI is InChI=1S/C23H15ClFN3O.C4H6N2/c1-3-17-5-4-6-20(27-17)18-12-21(29)28(2)23-19(18)11-15(13-26-23)22(25)14-7-9-16(24)10-8-14;1-6-3-2-5-4-6/h1,4-13,22H,2H3;2-4H,1H3. The third-order valence-electron chi connectivity index (χ3n) is 5.36. The van der Waals surface area contributed by atoms with Gasteiger partial charge in [0.1, 0.15) is 11.3 Å². The van der Waals surface area contributed by atoms with E-state index in [1.165, 1.54) is 16.8 Å². The first kappa shape index (κ1) is 23.9. The fraction of sp³-hybridized carbons (Fsp3) is 0.111. The van der Waals surface area contributed by atoms with Crippen molar-refractivity contribution in [2.75, 3.05) is 0 Å². The van der Waals surface area contributed by atoms with E-state index in [0.29, 0.717) is 44.1 Å². The van der Waals surface area contributed by atoms with Gasteiger partial charge in [0, 0.05) is 60.3 Å². The predicted molar refractivity (Wildman–Crippen MR) is 136 cm³/mol. The minimum Gasteiger partial charge on any atom is -0.341 e. The topological polar surface area (TPSA) is 65.6 Å². The fourth-order valence-corrected chi connectivity index (χ4v) is 3.63. The van der Waals surface area contributed by atoms with Crippen LogP contribution in [0.25, 0.3) is 22.3 Å². The maximum Gasteiger partial charge on any atom is 0.252 e. The monoisotopic (exact) mass is 485 g/mol. The lowest BCUT2D eigenvalue weighted by atomic mass is 10.0. The number of nitrogens with zero attached hydrogens (tertiary/aromatic N) is 5. The van der Waals surface area contributed by atoms with Gasteiger partial charge in [-0.2, -0.15) is 0 Å². The summed E-state index contributed by atoms with van der Waals surface area (Å²) in [6.45, 7) is 0. The Labute approximate surface area is 206 Å². The van der Waals surface area contributed by atoms with Gasteiger partial charge in [-0.05, 0) is 35.9 Å². The van der Waals surface area contributed by atoms with Crippen molar-refractivity contribution >= 4 is 22.6 Å². The molecule has 174 valence electrons. The lowest BCUT2D eigenvalue weighted by Crippen LogP contribution is -2.17. The number of aryl methyl sites for hydroxylation is 2. The molecule has 35 heavy (non-hydrogen) atoms. The second-order valence-electron chi connectivity index (χ2n) is 7.79. The molecule has 0 saturated carbocycles. The van der Waals surface area contributed by atoms with Crippen molar-refractivity contribution in [1.82, 2.24) is 24.1 Å². The van der Waals surface area contributed by atoms with Crippen LogP contribution in [-0.2, 0) is 14.1 Å². The van der Waals surface area contributed by atoms with Crippen molar-refractivity contribution in [3.8, 4) is 23.6 Å². The summed E-state index contributed by atoms with van der Waals surface area (Å²) in [7, 11) is 3.56. The highest BCUT2D eigenvalue weighted by atomic mass is 35.5. The largest absolute Gasteiger partial charge is 0.341 e. The highest BCUT2D eigenvalue weighted by Gasteiger charge is 2.17. The molecule has 0 N–H and O–H groups in total. The molecule has 5 aromatic rings. The summed E-state index contributed by atoms with van der Waals surface area (Å²) in [4.78, 5) is 25.0. The molecule has 0 radical (unpaired) electrons.